The fraction of sp³-hybridized carbons (Fsp3) is 0.429. The Labute approximate surface area is 118 Å². The summed E-state index contributed by atoms with van der Waals surface area (Å²) < 4.78 is 4.73. The van der Waals surface area contributed by atoms with E-state index in [9.17, 15) is 9.59 Å². The van der Waals surface area contributed by atoms with Gasteiger partial charge in [-0.05, 0) is 19.7 Å². The molecule has 1 aromatic carbocycles. The Morgan fingerprint density at radius 2 is 1.90 bits per heavy atom. The Kier molecular flexibility index (Phi) is 6.69. The van der Waals surface area contributed by atoms with Gasteiger partial charge in [0, 0.05) is 6.54 Å². The van der Waals surface area contributed by atoms with Crippen molar-refractivity contribution in [3.8, 4) is 0 Å². The maximum atomic E-state index is 11.5. The highest BCUT2D eigenvalue weighted by atomic mass is 16.5. The number of hydrogen-bond acceptors (Lipinski definition) is 4. The predicted octanol–water partition coefficient (Wildman–Crippen LogP) is 0.507. The molecule has 1 atom stereocenters. The van der Waals surface area contributed by atoms with E-state index in [4.69, 9.17) is 9.84 Å². The van der Waals surface area contributed by atoms with Crippen molar-refractivity contribution in [2.75, 3.05) is 33.9 Å². The van der Waals surface area contributed by atoms with Crippen LogP contribution in [-0.4, -0.2) is 55.7 Å². The molecule has 6 nitrogen and oxygen atoms in total. The van der Waals surface area contributed by atoms with Gasteiger partial charge in [-0.25, -0.2) is 4.79 Å². The normalized spacial score (nSPS) is 12.2. The number of benzene rings is 1. The lowest BCUT2D eigenvalue weighted by Gasteiger charge is -2.25. The maximum Gasteiger partial charge on any atom is 0.329 e. The third kappa shape index (κ3) is 5.81. The van der Waals surface area contributed by atoms with Gasteiger partial charge >= 0.3 is 5.97 Å². The zero-order valence-electron chi connectivity index (χ0n) is 11.7. The molecular formula is C14H20N2O4. The first kappa shape index (κ1) is 16.1. The molecule has 20 heavy (non-hydrogen) atoms. The first-order chi connectivity index (χ1) is 9.50. The molecule has 0 spiro atoms. The van der Waals surface area contributed by atoms with Crippen LogP contribution < -0.4 is 5.32 Å². The fourth-order valence-electron chi connectivity index (χ4n) is 1.77. The van der Waals surface area contributed by atoms with Crippen LogP contribution in [-0.2, 0) is 14.3 Å². The summed E-state index contributed by atoms with van der Waals surface area (Å²) in [5.74, 6) is -1.41. The Hall–Kier alpha value is -1.92. The van der Waals surface area contributed by atoms with Crippen LogP contribution in [0.25, 0.3) is 0 Å². The molecule has 1 aromatic rings. The van der Waals surface area contributed by atoms with Crippen LogP contribution in [0, 0.1) is 0 Å². The summed E-state index contributed by atoms with van der Waals surface area (Å²) >= 11 is 0. The molecule has 0 heterocycles. The van der Waals surface area contributed by atoms with Crippen LogP contribution in [0.1, 0.15) is 11.6 Å². The van der Waals surface area contributed by atoms with Gasteiger partial charge in [0.2, 0.25) is 5.91 Å². The van der Waals surface area contributed by atoms with Crippen molar-refractivity contribution >= 4 is 11.9 Å². The second kappa shape index (κ2) is 8.29. The molecule has 0 aliphatic heterocycles. The predicted molar refractivity (Wildman–Crippen MR) is 74.3 cm³/mol. The summed E-state index contributed by atoms with van der Waals surface area (Å²) in [6, 6.07) is 9.89. The summed E-state index contributed by atoms with van der Waals surface area (Å²) in [6.07, 6.45) is 0. The van der Waals surface area contributed by atoms with E-state index < -0.39 is 12.6 Å². The zero-order chi connectivity index (χ0) is 15.0. The molecule has 110 valence electrons. The van der Waals surface area contributed by atoms with Gasteiger partial charge in [0.05, 0.1) is 6.04 Å². The Morgan fingerprint density at radius 3 is 2.45 bits per heavy atom. The third-order valence-electron chi connectivity index (χ3n) is 2.76. The van der Waals surface area contributed by atoms with Crippen LogP contribution in [0.2, 0.25) is 0 Å². The van der Waals surface area contributed by atoms with Crippen LogP contribution in [0.3, 0.4) is 0 Å². The summed E-state index contributed by atoms with van der Waals surface area (Å²) in [4.78, 5) is 23.8. The molecule has 0 fully saturated rings. The van der Waals surface area contributed by atoms with E-state index in [0.717, 1.165) is 5.56 Å². The van der Waals surface area contributed by atoms with Crippen LogP contribution >= 0.6 is 0 Å². The zero-order valence-corrected chi connectivity index (χ0v) is 11.7. The lowest BCUT2D eigenvalue weighted by atomic mass is 10.1. The number of nitrogens with zero attached hydrogens (tertiary/aromatic N) is 1. The van der Waals surface area contributed by atoms with Gasteiger partial charge in [-0.15, -0.1) is 0 Å². The number of amides is 1. The van der Waals surface area contributed by atoms with Crippen LogP contribution in [0.5, 0.6) is 0 Å². The van der Waals surface area contributed by atoms with E-state index in [1.165, 1.54) is 0 Å². The average molecular weight is 280 g/mol. The number of carbonyl (C=O) groups is 2. The molecule has 0 saturated heterocycles. The van der Waals surface area contributed by atoms with E-state index >= 15 is 0 Å². The lowest BCUT2D eigenvalue weighted by molar-refractivity contribution is -0.143. The number of hydrogen-bond donors (Lipinski definition) is 2. The van der Waals surface area contributed by atoms with Crippen LogP contribution in [0.15, 0.2) is 30.3 Å². The number of carboxylic acids is 1. The lowest BCUT2D eigenvalue weighted by Crippen LogP contribution is -2.36. The van der Waals surface area contributed by atoms with Crippen LogP contribution in [0.4, 0.5) is 0 Å². The molecule has 0 radical (unpaired) electrons. The van der Waals surface area contributed by atoms with E-state index in [2.05, 4.69) is 5.32 Å². The number of nitrogens with one attached hydrogen (secondary N) is 1. The molecule has 1 amide bonds. The quantitative estimate of drug-likeness (QED) is 0.725. The molecule has 6 heteroatoms. The molecule has 1 unspecified atom stereocenters. The first-order valence-corrected chi connectivity index (χ1v) is 6.28. The smallest absolute Gasteiger partial charge is 0.329 e. The van der Waals surface area contributed by atoms with Gasteiger partial charge in [-0.1, -0.05) is 30.3 Å². The third-order valence-corrected chi connectivity index (χ3v) is 2.76. The largest absolute Gasteiger partial charge is 0.480 e. The Balaban J connectivity index is 2.44. The van der Waals surface area contributed by atoms with E-state index in [1.807, 2.05) is 49.3 Å². The molecule has 2 N–H and O–H groups in total. The van der Waals surface area contributed by atoms with Gasteiger partial charge in [0.15, 0.2) is 0 Å². The van der Waals surface area contributed by atoms with E-state index in [1.54, 1.807) is 0 Å². The Bertz CT molecular complexity index is 434. The van der Waals surface area contributed by atoms with Crippen molar-refractivity contribution < 1.29 is 19.4 Å². The highest BCUT2D eigenvalue weighted by Gasteiger charge is 2.14. The van der Waals surface area contributed by atoms with Crippen molar-refractivity contribution in [1.29, 1.82) is 0 Å². The van der Waals surface area contributed by atoms with Gasteiger partial charge < -0.3 is 20.1 Å². The molecule has 0 bridgehead atoms. The Morgan fingerprint density at radius 1 is 1.25 bits per heavy atom. The van der Waals surface area contributed by atoms with Crippen molar-refractivity contribution in [2.45, 2.75) is 6.04 Å². The highest BCUT2D eigenvalue weighted by molar-refractivity contribution is 5.77. The fourth-order valence-corrected chi connectivity index (χ4v) is 1.77. The standard InChI is InChI=1S/C14H20N2O4/c1-16(2)12(11-6-4-3-5-7-11)8-15-13(17)9-20-10-14(18)19/h3-7,12H,8-10H2,1-2H3,(H,15,17)(H,18,19). The van der Waals surface area contributed by atoms with Gasteiger partial charge in [0.25, 0.3) is 0 Å². The number of likely N-dealkylation sites (N-methyl/N-ethyl adjacent to an activating group) is 1. The van der Waals surface area contributed by atoms with Crippen molar-refractivity contribution in [2.24, 2.45) is 0 Å². The average Bonchev–Trinajstić information content (AvgIpc) is 2.39. The molecule has 0 saturated carbocycles. The van der Waals surface area contributed by atoms with Crippen molar-refractivity contribution in [3.05, 3.63) is 35.9 Å². The maximum absolute atomic E-state index is 11.5. The second-order valence-electron chi connectivity index (χ2n) is 4.58. The minimum absolute atomic E-state index is 0.0552. The van der Waals surface area contributed by atoms with Gasteiger partial charge in [-0.3, -0.25) is 4.79 Å². The number of rotatable bonds is 8. The summed E-state index contributed by atoms with van der Waals surface area (Å²) in [5.41, 5.74) is 1.10. The first-order valence-electron chi connectivity index (χ1n) is 6.28. The SMILES string of the molecule is CN(C)C(CNC(=O)COCC(=O)O)c1ccccc1. The number of ether oxygens (including phenoxy) is 1. The number of carbonyl (C=O) groups excluding carboxylic acids is 1. The van der Waals surface area contributed by atoms with Gasteiger partial charge in [-0.2, -0.15) is 0 Å². The molecule has 0 aromatic heterocycles. The van der Waals surface area contributed by atoms with Crippen molar-refractivity contribution in [3.63, 3.8) is 0 Å². The summed E-state index contributed by atoms with van der Waals surface area (Å²) in [5, 5.41) is 11.1. The number of carboxylic acid groups (broad SMARTS) is 1. The highest BCUT2D eigenvalue weighted by Crippen LogP contribution is 2.16. The van der Waals surface area contributed by atoms with E-state index in [-0.39, 0.29) is 18.6 Å². The molecular weight excluding hydrogens is 260 g/mol. The monoisotopic (exact) mass is 280 g/mol. The molecule has 0 aliphatic carbocycles. The minimum atomic E-state index is -1.09. The summed E-state index contributed by atoms with van der Waals surface area (Å²) in [6.45, 7) is -0.281. The number of aliphatic carboxylic acids is 1. The second-order valence-corrected chi connectivity index (χ2v) is 4.58. The minimum Gasteiger partial charge on any atom is -0.480 e. The van der Waals surface area contributed by atoms with Gasteiger partial charge in [0.1, 0.15) is 13.2 Å². The molecule has 1 rings (SSSR count). The van der Waals surface area contributed by atoms with Crippen molar-refractivity contribution in [1.82, 2.24) is 10.2 Å². The van der Waals surface area contributed by atoms with E-state index in [0.29, 0.717) is 6.54 Å². The topological polar surface area (TPSA) is 78.9 Å². The summed E-state index contributed by atoms with van der Waals surface area (Å²) in [7, 11) is 3.87. The molecule has 0 aliphatic rings.